The van der Waals surface area contributed by atoms with Gasteiger partial charge in [0.05, 0.1) is 15.7 Å². The van der Waals surface area contributed by atoms with E-state index in [1.807, 2.05) is 11.4 Å². The Balaban J connectivity index is 2.41. The lowest BCUT2D eigenvalue weighted by atomic mass is 10.2. The number of carbonyl (C=O) groups is 1. The van der Waals surface area contributed by atoms with Crippen molar-refractivity contribution < 1.29 is 9.53 Å². The minimum Gasteiger partial charge on any atom is -0.465 e. The first kappa shape index (κ1) is 11.9. The van der Waals surface area contributed by atoms with Gasteiger partial charge in [0.2, 0.25) is 0 Å². The summed E-state index contributed by atoms with van der Waals surface area (Å²) in [4.78, 5) is 12.9. The highest BCUT2D eigenvalue weighted by Gasteiger charge is 2.16. The Morgan fingerprint density at radius 2 is 2.25 bits per heavy atom. The molecule has 6 heteroatoms. The third kappa shape index (κ3) is 2.23. The maximum Gasteiger partial charge on any atom is 0.350 e. The second-order valence-corrected chi connectivity index (χ2v) is 6.88. The van der Waals surface area contributed by atoms with Crippen LogP contribution in [0.5, 0.6) is 0 Å². The summed E-state index contributed by atoms with van der Waals surface area (Å²) in [6.07, 6.45) is 0. The molecule has 0 radical (unpaired) electrons. The van der Waals surface area contributed by atoms with Crippen LogP contribution < -0.4 is 5.73 Å². The van der Waals surface area contributed by atoms with E-state index in [1.165, 1.54) is 21.3 Å². The summed E-state index contributed by atoms with van der Waals surface area (Å²) in [5.41, 5.74) is 7.35. The minimum absolute atomic E-state index is 0.376. The number of hydrogen-bond donors (Lipinski definition) is 1. The van der Waals surface area contributed by atoms with E-state index in [2.05, 4.69) is 33.4 Å². The van der Waals surface area contributed by atoms with Gasteiger partial charge in [-0.2, -0.15) is 0 Å². The predicted molar refractivity (Wildman–Crippen MR) is 76.1 cm³/mol. The zero-order valence-electron chi connectivity index (χ0n) is 8.32. The molecule has 0 aliphatic carbocycles. The fourth-order valence-electron chi connectivity index (χ4n) is 1.24. The van der Waals surface area contributed by atoms with Gasteiger partial charge in [0.25, 0.3) is 0 Å². The van der Waals surface area contributed by atoms with E-state index in [1.54, 1.807) is 11.3 Å². The van der Waals surface area contributed by atoms with E-state index in [9.17, 15) is 4.79 Å². The van der Waals surface area contributed by atoms with Crippen LogP contribution in [0.1, 0.15) is 9.67 Å². The third-order valence-corrected chi connectivity index (χ3v) is 4.95. The Morgan fingerprint density at radius 1 is 1.50 bits per heavy atom. The first-order valence-corrected chi connectivity index (χ1v) is 7.11. The molecule has 2 heterocycles. The van der Waals surface area contributed by atoms with Crippen LogP contribution >= 0.6 is 45.3 Å². The lowest BCUT2D eigenvalue weighted by Crippen LogP contribution is -2.00. The van der Waals surface area contributed by atoms with Crippen LogP contribution in [0.3, 0.4) is 0 Å². The number of hydrogen-bond acceptors (Lipinski definition) is 5. The SMILES string of the molecule is COC(=O)c1sc(-c2csc(I)c2)cc1N. The summed E-state index contributed by atoms with van der Waals surface area (Å²) >= 11 is 5.29. The zero-order valence-corrected chi connectivity index (χ0v) is 12.1. The average molecular weight is 365 g/mol. The molecule has 0 saturated carbocycles. The van der Waals surface area contributed by atoms with Crippen LogP contribution in [-0.2, 0) is 4.74 Å². The summed E-state index contributed by atoms with van der Waals surface area (Å²) < 4.78 is 5.87. The zero-order chi connectivity index (χ0) is 11.7. The molecule has 0 fully saturated rings. The second kappa shape index (κ2) is 4.72. The van der Waals surface area contributed by atoms with Crippen molar-refractivity contribution in [3.05, 3.63) is 25.3 Å². The van der Waals surface area contributed by atoms with E-state index in [4.69, 9.17) is 5.73 Å². The molecule has 16 heavy (non-hydrogen) atoms. The van der Waals surface area contributed by atoms with Gasteiger partial charge in [0, 0.05) is 15.8 Å². The molecule has 2 aromatic heterocycles. The fraction of sp³-hybridized carbons (Fsp3) is 0.100. The number of esters is 1. The smallest absolute Gasteiger partial charge is 0.350 e. The molecular weight excluding hydrogens is 357 g/mol. The molecular formula is C10H8INO2S2. The first-order valence-electron chi connectivity index (χ1n) is 4.34. The Hall–Kier alpha value is -0.600. The number of nitrogen functional groups attached to an aromatic ring is 1. The van der Waals surface area contributed by atoms with Gasteiger partial charge in [-0.25, -0.2) is 4.79 Å². The number of thiophene rings is 2. The summed E-state index contributed by atoms with van der Waals surface area (Å²) in [6.45, 7) is 0. The van der Waals surface area contributed by atoms with Gasteiger partial charge in [0.1, 0.15) is 4.88 Å². The number of anilines is 1. The summed E-state index contributed by atoms with van der Waals surface area (Å²) in [7, 11) is 1.36. The number of carbonyl (C=O) groups excluding carboxylic acids is 1. The molecule has 0 unspecified atom stereocenters. The fourth-order valence-corrected chi connectivity index (χ4v) is 3.64. The van der Waals surface area contributed by atoms with Crippen LogP contribution in [0.4, 0.5) is 5.69 Å². The predicted octanol–water partition coefficient (Wildman–Crippen LogP) is 3.45. The van der Waals surface area contributed by atoms with E-state index in [0.717, 1.165) is 10.4 Å². The van der Waals surface area contributed by atoms with Crippen molar-refractivity contribution in [1.82, 2.24) is 0 Å². The molecule has 2 N–H and O–H groups in total. The number of halogens is 1. The first-order chi connectivity index (χ1) is 7.61. The number of nitrogens with two attached hydrogens (primary N) is 1. The molecule has 84 valence electrons. The summed E-state index contributed by atoms with van der Waals surface area (Å²) in [5.74, 6) is -0.376. The van der Waals surface area contributed by atoms with Crippen LogP contribution in [0.15, 0.2) is 17.5 Å². The van der Waals surface area contributed by atoms with Crippen LogP contribution in [0.2, 0.25) is 0 Å². The molecule has 0 aliphatic rings. The molecule has 0 amide bonds. The Bertz CT molecular complexity index is 533. The lowest BCUT2D eigenvalue weighted by molar-refractivity contribution is 0.0607. The molecule has 0 atom stereocenters. The van der Waals surface area contributed by atoms with Gasteiger partial charge >= 0.3 is 5.97 Å². The lowest BCUT2D eigenvalue weighted by Gasteiger charge is -1.94. The molecule has 3 nitrogen and oxygen atoms in total. The van der Waals surface area contributed by atoms with Gasteiger partial charge in [-0.3, -0.25) is 0 Å². The molecule has 0 saturated heterocycles. The number of methoxy groups -OCH3 is 1. The molecule has 0 aromatic carbocycles. The highest BCUT2D eigenvalue weighted by molar-refractivity contribution is 14.1. The Labute approximate surface area is 114 Å². The second-order valence-electron chi connectivity index (χ2n) is 3.03. The van der Waals surface area contributed by atoms with Crippen molar-refractivity contribution in [3.63, 3.8) is 0 Å². The van der Waals surface area contributed by atoms with E-state index in [0.29, 0.717) is 10.6 Å². The Morgan fingerprint density at radius 3 is 2.81 bits per heavy atom. The van der Waals surface area contributed by atoms with Gasteiger partial charge in [-0.1, -0.05) is 0 Å². The normalized spacial score (nSPS) is 10.4. The standard InChI is InChI=1S/C10H8INO2S2/c1-14-10(13)9-6(12)3-7(16-9)5-2-8(11)15-4-5/h2-4H,12H2,1H3. The van der Waals surface area contributed by atoms with Crippen molar-refractivity contribution in [1.29, 1.82) is 0 Å². The summed E-state index contributed by atoms with van der Waals surface area (Å²) in [5, 5.41) is 2.05. The van der Waals surface area contributed by atoms with Crippen LogP contribution in [0, 0.1) is 2.88 Å². The quantitative estimate of drug-likeness (QED) is 0.655. The summed E-state index contributed by atoms with van der Waals surface area (Å²) in [6, 6.07) is 3.88. The van der Waals surface area contributed by atoms with Crippen molar-refractivity contribution in [2.45, 2.75) is 0 Å². The van der Waals surface area contributed by atoms with Gasteiger partial charge < -0.3 is 10.5 Å². The van der Waals surface area contributed by atoms with Crippen LogP contribution in [-0.4, -0.2) is 13.1 Å². The molecule has 0 aliphatic heterocycles. The van der Waals surface area contributed by atoms with Crippen molar-refractivity contribution in [2.24, 2.45) is 0 Å². The highest BCUT2D eigenvalue weighted by Crippen LogP contribution is 2.36. The third-order valence-electron chi connectivity index (χ3n) is 1.98. The number of rotatable bonds is 2. The van der Waals surface area contributed by atoms with E-state index >= 15 is 0 Å². The number of ether oxygens (including phenoxy) is 1. The largest absolute Gasteiger partial charge is 0.465 e. The van der Waals surface area contributed by atoms with Crippen molar-refractivity contribution in [3.8, 4) is 10.4 Å². The van der Waals surface area contributed by atoms with Crippen molar-refractivity contribution in [2.75, 3.05) is 12.8 Å². The topological polar surface area (TPSA) is 52.3 Å². The molecule has 2 aromatic rings. The van der Waals surface area contributed by atoms with E-state index < -0.39 is 0 Å². The minimum atomic E-state index is -0.376. The monoisotopic (exact) mass is 365 g/mol. The van der Waals surface area contributed by atoms with Gasteiger partial charge in [-0.05, 0) is 34.7 Å². The average Bonchev–Trinajstić information content (AvgIpc) is 2.83. The maximum atomic E-state index is 11.4. The van der Waals surface area contributed by atoms with E-state index in [-0.39, 0.29) is 5.97 Å². The van der Waals surface area contributed by atoms with Crippen molar-refractivity contribution >= 4 is 56.9 Å². The highest BCUT2D eigenvalue weighted by atomic mass is 127. The molecule has 0 spiro atoms. The van der Waals surface area contributed by atoms with Crippen LogP contribution in [0.25, 0.3) is 10.4 Å². The van der Waals surface area contributed by atoms with Gasteiger partial charge in [-0.15, -0.1) is 22.7 Å². The molecule has 0 bridgehead atoms. The maximum absolute atomic E-state index is 11.4. The Kier molecular flexibility index (Phi) is 3.50. The van der Waals surface area contributed by atoms with Gasteiger partial charge in [0.15, 0.2) is 0 Å². The molecule has 2 rings (SSSR count).